The van der Waals surface area contributed by atoms with Crippen molar-refractivity contribution in [2.45, 2.75) is 32.2 Å². The first-order valence-electron chi connectivity index (χ1n) is 8.33. The van der Waals surface area contributed by atoms with Crippen LogP contribution in [0.15, 0.2) is 30.6 Å². The van der Waals surface area contributed by atoms with Crippen molar-refractivity contribution in [3.63, 3.8) is 0 Å². The number of nitrogens with zero attached hydrogens (tertiary/aromatic N) is 2. The van der Waals surface area contributed by atoms with Gasteiger partial charge in [0.05, 0.1) is 0 Å². The molecule has 0 saturated heterocycles. The molecular formula is C18H15F6N3O3. The van der Waals surface area contributed by atoms with E-state index in [0.717, 1.165) is 6.20 Å². The number of halogens is 6. The first-order chi connectivity index (χ1) is 13.8. The molecule has 1 amide bonds. The molecule has 0 spiro atoms. The van der Waals surface area contributed by atoms with Gasteiger partial charge in [0.1, 0.15) is 11.3 Å². The van der Waals surface area contributed by atoms with Crippen LogP contribution in [0.1, 0.15) is 34.1 Å². The van der Waals surface area contributed by atoms with Crippen LogP contribution in [-0.4, -0.2) is 34.4 Å². The zero-order valence-corrected chi connectivity index (χ0v) is 15.4. The van der Waals surface area contributed by atoms with E-state index in [1.54, 1.807) is 0 Å². The topological polar surface area (TPSA) is 81.2 Å². The van der Waals surface area contributed by atoms with Gasteiger partial charge in [0.25, 0.3) is 5.91 Å². The van der Waals surface area contributed by atoms with Gasteiger partial charge in [-0.2, -0.15) is 26.3 Å². The maximum atomic E-state index is 13.1. The molecule has 0 unspecified atom stereocenters. The Hall–Kier alpha value is -3.18. The highest BCUT2D eigenvalue weighted by Crippen LogP contribution is 2.36. The molecule has 12 heteroatoms. The molecule has 0 radical (unpaired) electrons. The van der Waals surface area contributed by atoms with Gasteiger partial charge in [-0.3, -0.25) is 14.6 Å². The fraction of sp³-hybridized carbons (Fsp3) is 0.333. The SMILES string of the molecule is CC(=O)Cc1cc(C(=O)NCc2cnc(OCC(F)(F)F)c(C(F)(F)F)c2)ccn1. The largest absolute Gasteiger partial charge is 0.468 e. The Bertz CT molecular complexity index is 928. The molecule has 0 fully saturated rings. The van der Waals surface area contributed by atoms with Crippen LogP contribution in [0.2, 0.25) is 0 Å². The number of aromatic nitrogens is 2. The number of amides is 1. The van der Waals surface area contributed by atoms with E-state index in [2.05, 4.69) is 20.0 Å². The normalized spacial score (nSPS) is 11.8. The highest BCUT2D eigenvalue weighted by Gasteiger charge is 2.37. The summed E-state index contributed by atoms with van der Waals surface area (Å²) in [6.45, 7) is -0.954. The summed E-state index contributed by atoms with van der Waals surface area (Å²) in [5, 5.41) is 2.37. The Morgan fingerprint density at radius 3 is 2.40 bits per heavy atom. The van der Waals surface area contributed by atoms with E-state index in [1.807, 2.05) is 0 Å². The van der Waals surface area contributed by atoms with Gasteiger partial charge in [0, 0.05) is 36.6 Å². The molecule has 0 aromatic carbocycles. The van der Waals surface area contributed by atoms with E-state index >= 15 is 0 Å². The number of pyridine rings is 2. The monoisotopic (exact) mass is 435 g/mol. The minimum atomic E-state index is -5.01. The number of carbonyl (C=O) groups is 2. The number of nitrogens with one attached hydrogen (secondary N) is 1. The summed E-state index contributed by atoms with van der Waals surface area (Å²) >= 11 is 0. The number of alkyl halides is 6. The maximum absolute atomic E-state index is 13.1. The van der Waals surface area contributed by atoms with Gasteiger partial charge in [-0.25, -0.2) is 4.98 Å². The third kappa shape index (κ3) is 7.01. The summed E-state index contributed by atoms with van der Waals surface area (Å²) in [7, 11) is 0. The summed E-state index contributed by atoms with van der Waals surface area (Å²) < 4.78 is 80.2. The Kier molecular flexibility index (Phi) is 7.00. The zero-order valence-electron chi connectivity index (χ0n) is 15.4. The molecule has 1 N–H and O–H groups in total. The predicted molar refractivity (Wildman–Crippen MR) is 90.6 cm³/mol. The van der Waals surface area contributed by atoms with E-state index < -0.39 is 36.3 Å². The van der Waals surface area contributed by atoms with Crippen LogP contribution in [0, 0.1) is 0 Å². The quantitative estimate of drug-likeness (QED) is 0.674. The second kappa shape index (κ2) is 9.09. The van der Waals surface area contributed by atoms with Gasteiger partial charge in [-0.15, -0.1) is 0 Å². The van der Waals surface area contributed by atoms with E-state index in [9.17, 15) is 35.9 Å². The van der Waals surface area contributed by atoms with Crippen molar-refractivity contribution >= 4 is 11.7 Å². The molecule has 2 aromatic rings. The van der Waals surface area contributed by atoms with Gasteiger partial charge in [0.15, 0.2) is 6.61 Å². The molecule has 0 aliphatic heterocycles. The molecule has 162 valence electrons. The Labute approximate surface area is 166 Å². The van der Waals surface area contributed by atoms with Gasteiger partial charge in [-0.05, 0) is 30.7 Å². The average molecular weight is 435 g/mol. The number of carbonyl (C=O) groups excluding carboxylic acids is 2. The van der Waals surface area contributed by atoms with Crippen LogP contribution in [0.25, 0.3) is 0 Å². The summed E-state index contributed by atoms with van der Waals surface area (Å²) in [6.07, 6.45) is -7.65. The molecule has 0 atom stereocenters. The lowest BCUT2D eigenvalue weighted by atomic mass is 10.1. The van der Waals surface area contributed by atoms with Gasteiger partial charge in [0.2, 0.25) is 5.88 Å². The minimum absolute atomic E-state index is 0.0133. The minimum Gasteiger partial charge on any atom is -0.468 e. The second-order valence-electron chi connectivity index (χ2n) is 6.20. The van der Waals surface area contributed by atoms with Crippen molar-refractivity contribution < 1.29 is 40.7 Å². The van der Waals surface area contributed by atoms with Gasteiger partial charge < -0.3 is 10.1 Å². The smallest absolute Gasteiger partial charge is 0.422 e. The van der Waals surface area contributed by atoms with Crippen LogP contribution in [0.3, 0.4) is 0 Å². The number of hydrogen-bond acceptors (Lipinski definition) is 5. The van der Waals surface area contributed by atoms with Crippen LogP contribution >= 0.6 is 0 Å². The second-order valence-corrected chi connectivity index (χ2v) is 6.20. The summed E-state index contributed by atoms with van der Waals surface area (Å²) in [6, 6.07) is 3.27. The van der Waals surface area contributed by atoms with E-state index in [-0.39, 0.29) is 29.9 Å². The third-order valence-corrected chi connectivity index (χ3v) is 3.55. The van der Waals surface area contributed by atoms with Crippen molar-refractivity contribution in [2.24, 2.45) is 0 Å². The highest BCUT2D eigenvalue weighted by atomic mass is 19.4. The molecule has 0 aliphatic carbocycles. The van der Waals surface area contributed by atoms with Crippen molar-refractivity contribution in [3.8, 4) is 5.88 Å². The summed E-state index contributed by atoms with van der Waals surface area (Å²) in [5.41, 5.74) is -1.11. The van der Waals surface area contributed by atoms with E-state index in [0.29, 0.717) is 11.8 Å². The molecule has 2 aromatic heterocycles. The van der Waals surface area contributed by atoms with Crippen molar-refractivity contribution in [2.75, 3.05) is 6.61 Å². The van der Waals surface area contributed by atoms with Crippen molar-refractivity contribution in [1.82, 2.24) is 15.3 Å². The zero-order chi connectivity index (χ0) is 22.5. The molecule has 6 nitrogen and oxygen atoms in total. The first-order valence-corrected chi connectivity index (χ1v) is 8.33. The lowest BCUT2D eigenvalue weighted by Crippen LogP contribution is -2.24. The summed E-state index contributed by atoms with van der Waals surface area (Å²) in [4.78, 5) is 30.6. The van der Waals surface area contributed by atoms with Crippen LogP contribution in [0.5, 0.6) is 5.88 Å². The number of ketones is 1. The molecule has 2 heterocycles. The van der Waals surface area contributed by atoms with Crippen LogP contribution in [0.4, 0.5) is 26.3 Å². The lowest BCUT2D eigenvalue weighted by molar-refractivity contribution is -0.159. The average Bonchev–Trinajstić information content (AvgIpc) is 2.63. The van der Waals surface area contributed by atoms with Crippen LogP contribution < -0.4 is 10.1 Å². The Balaban J connectivity index is 2.13. The number of ether oxygens (including phenoxy) is 1. The molecule has 0 bridgehead atoms. The number of hydrogen-bond donors (Lipinski definition) is 1. The maximum Gasteiger partial charge on any atom is 0.422 e. The standard InChI is InChI=1S/C18H15F6N3O3/c1-10(28)4-13-6-12(2-3-25-13)15(29)26-7-11-5-14(18(22,23)24)16(27-8-11)30-9-17(19,20)21/h2-3,5-6,8H,4,7,9H2,1H3,(H,26,29). The third-order valence-electron chi connectivity index (χ3n) is 3.55. The molecule has 0 saturated carbocycles. The van der Waals surface area contributed by atoms with E-state index in [1.165, 1.54) is 25.3 Å². The molecule has 2 rings (SSSR count). The first kappa shape index (κ1) is 23.1. The number of rotatable bonds is 7. The fourth-order valence-corrected chi connectivity index (χ4v) is 2.32. The lowest BCUT2D eigenvalue weighted by Gasteiger charge is -2.15. The Morgan fingerprint density at radius 2 is 1.80 bits per heavy atom. The van der Waals surface area contributed by atoms with Crippen molar-refractivity contribution in [1.29, 1.82) is 0 Å². The molecular weight excluding hydrogens is 420 g/mol. The van der Waals surface area contributed by atoms with Crippen LogP contribution in [-0.2, 0) is 23.9 Å². The predicted octanol–water partition coefficient (Wildman–Crippen LogP) is 3.50. The highest BCUT2D eigenvalue weighted by molar-refractivity contribution is 5.94. The van der Waals surface area contributed by atoms with Gasteiger partial charge >= 0.3 is 12.4 Å². The van der Waals surface area contributed by atoms with Crippen molar-refractivity contribution in [3.05, 3.63) is 53.0 Å². The molecule has 0 aliphatic rings. The fourth-order valence-electron chi connectivity index (χ4n) is 2.32. The Morgan fingerprint density at radius 1 is 1.10 bits per heavy atom. The summed E-state index contributed by atoms with van der Waals surface area (Å²) in [5.74, 6) is -2.02. The molecule has 30 heavy (non-hydrogen) atoms. The van der Waals surface area contributed by atoms with E-state index in [4.69, 9.17) is 0 Å². The van der Waals surface area contributed by atoms with Gasteiger partial charge in [-0.1, -0.05) is 0 Å². The number of Topliss-reactive ketones (excluding diaryl/α,β-unsaturated/α-hetero) is 1.